The van der Waals surface area contributed by atoms with Gasteiger partial charge in [0.1, 0.15) is 0 Å². The second kappa shape index (κ2) is 9.35. The van der Waals surface area contributed by atoms with Gasteiger partial charge in [-0.15, -0.1) is 0 Å². The number of aromatic nitrogens is 1. The number of fused-ring (bicyclic) bond motifs is 1. The van der Waals surface area contributed by atoms with Crippen LogP contribution < -0.4 is 5.32 Å². The van der Waals surface area contributed by atoms with Crippen LogP contribution in [-0.2, 0) is 13.1 Å². The molecule has 0 spiro atoms. The van der Waals surface area contributed by atoms with Crippen LogP contribution >= 0.6 is 23.2 Å². The Kier molecular flexibility index (Phi) is 6.61. The minimum absolute atomic E-state index is 0.639. The van der Waals surface area contributed by atoms with Crippen molar-refractivity contribution in [1.29, 1.82) is 0 Å². The zero-order valence-electron chi connectivity index (χ0n) is 16.3. The third-order valence-corrected chi connectivity index (χ3v) is 6.66. The maximum Gasteiger partial charge on any atom is 0.0505 e. The number of benzene rings is 2. The number of halogens is 2. The Morgan fingerprint density at radius 2 is 1.54 bits per heavy atom. The van der Waals surface area contributed by atoms with Crippen LogP contribution in [0.25, 0.3) is 10.9 Å². The van der Waals surface area contributed by atoms with Crippen LogP contribution in [0.5, 0.6) is 0 Å². The summed E-state index contributed by atoms with van der Waals surface area (Å²) in [5, 5.41) is 6.59. The molecule has 1 aliphatic rings. The van der Waals surface area contributed by atoms with E-state index in [0.29, 0.717) is 12.6 Å². The van der Waals surface area contributed by atoms with E-state index in [1.165, 1.54) is 61.4 Å². The zero-order valence-corrected chi connectivity index (χ0v) is 17.8. The molecule has 1 aliphatic carbocycles. The van der Waals surface area contributed by atoms with Crippen LogP contribution in [0.2, 0.25) is 10.0 Å². The fourth-order valence-electron chi connectivity index (χ4n) is 4.36. The molecule has 2 aromatic carbocycles. The van der Waals surface area contributed by atoms with Crippen molar-refractivity contribution in [3.8, 4) is 0 Å². The van der Waals surface area contributed by atoms with Crippen LogP contribution in [0.4, 0.5) is 0 Å². The van der Waals surface area contributed by atoms with Crippen molar-refractivity contribution >= 4 is 34.1 Å². The maximum absolute atomic E-state index is 6.42. The van der Waals surface area contributed by atoms with E-state index < -0.39 is 0 Å². The van der Waals surface area contributed by atoms with Crippen molar-refractivity contribution in [2.75, 3.05) is 0 Å². The Morgan fingerprint density at radius 1 is 0.857 bits per heavy atom. The van der Waals surface area contributed by atoms with E-state index in [2.05, 4.69) is 40.3 Å². The van der Waals surface area contributed by atoms with E-state index in [4.69, 9.17) is 23.2 Å². The lowest BCUT2D eigenvalue weighted by Crippen LogP contribution is -2.29. The molecule has 1 heterocycles. The number of hydrogen-bond acceptors (Lipinski definition) is 1. The molecule has 4 heteroatoms. The molecule has 28 heavy (non-hydrogen) atoms. The number of nitrogens with zero attached hydrogens (tertiary/aromatic N) is 1. The molecule has 0 aliphatic heterocycles. The van der Waals surface area contributed by atoms with Gasteiger partial charge in [-0.05, 0) is 36.6 Å². The fourth-order valence-corrected chi connectivity index (χ4v) is 4.88. The summed E-state index contributed by atoms with van der Waals surface area (Å²) in [6.45, 7) is 1.59. The number of nitrogens with one attached hydrogen (secondary N) is 1. The Hall–Kier alpha value is -1.48. The van der Waals surface area contributed by atoms with E-state index >= 15 is 0 Å². The summed E-state index contributed by atoms with van der Waals surface area (Å²) in [7, 11) is 0. The highest BCUT2D eigenvalue weighted by Gasteiger charge is 2.14. The first kappa shape index (κ1) is 19.8. The van der Waals surface area contributed by atoms with Crippen molar-refractivity contribution in [3.05, 3.63) is 69.8 Å². The first-order valence-electron chi connectivity index (χ1n) is 10.5. The van der Waals surface area contributed by atoms with Gasteiger partial charge >= 0.3 is 0 Å². The van der Waals surface area contributed by atoms with Crippen molar-refractivity contribution < 1.29 is 0 Å². The van der Waals surface area contributed by atoms with Gasteiger partial charge in [-0.1, -0.05) is 79.6 Å². The predicted molar refractivity (Wildman–Crippen MR) is 120 cm³/mol. The number of hydrogen-bond donors (Lipinski definition) is 1. The lowest BCUT2D eigenvalue weighted by Gasteiger charge is -2.21. The van der Waals surface area contributed by atoms with Gasteiger partial charge in [-0.25, -0.2) is 0 Å². The monoisotopic (exact) mass is 414 g/mol. The van der Waals surface area contributed by atoms with Crippen molar-refractivity contribution in [3.63, 3.8) is 0 Å². The molecular weight excluding hydrogens is 387 g/mol. The largest absolute Gasteiger partial charge is 0.343 e. The van der Waals surface area contributed by atoms with E-state index in [9.17, 15) is 0 Å². The maximum atomic E-state index is 6.42. The third kappa shape index (κ3) is 4.56. The van der Waals surface area contributed by atoms with Crippen LogP contribution in [0.3, 0.4) is 0 Å². The minimum Gasteiger partial charge on any atom is -0.343 e. The Balaban J connectivity index is 1.56. The lowest BCUT2D eigenvalue weighted by atomic mass is 9.96. The summed E-state index contributed by atoms with van der Waals surface area (Å²) < 4.78 is 2.28. The third-order valence-electron chi connectivity index (χ3n) is 5.95. The molecule has 4 rings (SSSR count). The average Bonchev–Trinajstić information content (AvgIpc) is 3.02. The molecule has 1 N–H and O–H groups in total. The van der Waals surface area contributed by atoms with Crippen LogP contribution in [0.1, 0.15) is 56.1 Å². The van der Waals surface area contributed by atoms with E-state index in [1.807, 2.05) is 18.2 Å². The van der Waals surface area contributed by atoms with E-state index in [-0.39, 0.29) is 0 Å². The first-order chi connectivity index (χ1) is 13.7. The molecule has 1 aromatic heterocycles. The summed E-state index contributed by atoms with van der Waals surface area (Å²) in [4.78, 5) is 0. The Bertz CT molecular complexity index is 903. The molecule has 3 aromatic rings. The van der Waals surface area contributed by atoms with Gasteiger partial charge in [0.2, 0.25) is 0 Å². The van der Waals surface area contributed by atoms with E-state index in [1.54, 1.807) is 0 Å². The second-order valence-electron chi connectivity index (χ2n) is 7.92. The highest BCUT2D eigenvalue weighted by atomic mass is 35.5. The number of para-hydroxylation sites is 1. The van der Waals surface area contributed by atoms with Crippen molar-refractivity contribution in [1.82, 2.24) is 9.88 Å². The smallest absolute Gasteiger partial charge is 0.0505 e. The summed E-state index contributed by atoms with van der Waals surface area (Å²) >= 11 is 12.8. The molecule has 0 unspecified atom stereocenters. The van der Waals surface area contributed by atoms with Gasteiger partial charge in [-0.3, -0.25) is 0 Å². The zero-order chi connectivity index (χ0) is 19.3. The average molecular weight is 415 g/mol. The molecule has 0 saturated heterocycles. The second-order valence-corrected chi connectivity index (χ2v) is 8.74. The molecule has 0 radical (unpaired) electrons. The van der Waals surface area contributed by atoms with Crippen molar-refractivity contribution in [2.24, 2.45) is 0 Å². The summed E-state index contributed by atoms with van der Waals surface area (Å²) in [6.07, 6.45) is 11.7. The van der Waals surface area contributed by atoms with Gasteiger partial charge in [0.05, 0.1) is 6.54 Å². The molecule has 0 bridgehead atoms. The SMILES string of the molecule is Clc1cccc(Cl)c1Cn1cc(CNC2CCCCCCC2)c2ccccc21. The lowest BCUT2D eigenvalue weighted by molar-refractivity contribution is 0.389. The number of rotatable bonds is 5. The molecular formula is C24H28Cl2N2. The summed E-state index contributed by atoms with van der Waals surface area (Å²) in [5.41, 5.74) is 3.56. The molecule has 0 atom stereocenters. The topological polar surface area (TPSA) is 17.0 Å². The normalized spacial score (nSPS) is 16.2. The summed E-state index contributed by atoms with van der Waals surface area (Å²) in [6, 6.07) is 15.0. The summed E-state index contributed by atoms with van der Waals surface area (Å²) in [5.74, 6) is 0. The highest BCUT2D eigenvalue weighted by Crippen LogP contribution is 2.29. The van der Waals surface area contributed by atoms with E-state index in [0.717, 1.165) is 22.2 Å². The highest BCUT2D eigenvalue weighted by molar-refractivity contribution is 6.36. The molecule has 1 saturated carbocycles. The molecule has 0 amide bonds. The predicted octanol–water partition coefficient (Wildman–Crippen LogP) is 7.20. The van der Waals surface area contributed by atoms with Crippen LogP contribution in [0, 0.1) is 0 Å². The molecule has 1 fully saturated rings. The van der Waals surface area contributed by atoms with Gasteiger partial charge in [0.15, 0.2) is 0 Å². The van der Waals surface area contributed by atoms with Crippen molar-refractivity contribution in [2.45, 2.75) is 64.1 Å². The van der Waals surface area contributed by atoms with Gasteiger partial charge < -0.3 is 9.88 Å². The van der Waals surface area contributed by atoms with Crippen LogP contribution in [0.15, 0.2) is 48.7 Å². The van der Waals surface area contributed by atoms with Gasteiger partial charge in [-0.2, -0.15) is 0 Å². The Labute approximate surface area is 177 Å². The molecule has 2 nitrogen and oxygen atoms in total. The quantitative estimate of drug-likeness (QED) is 0.466. The molecule has 148 valence electrons. The standard InChI is InChI=1S/C24H28Cl2N2/c25-22-12-8-13-23(26)21(22)17-28-16-18(20-11-6-7-14-24(20)28)15-27-19-9-4-2-1-3-5-10-19/h6-8,11-14,16,19,27H,1-5,9-10,15,17H2. The van der Waals surface area contributed by atoms with Gasteiger partial charge in [0, 0.05) is 45.3 Å². The minimum atomic E-state index is 0.639. The van der Waals surface area contributed by atoms with Crippen LogP contribution in [-0.4, -0.2) is 10.6 Å². The fraction of sp³-hybridized carbons (Fsp3) is 0.417. The first-order valence-corrected chi connectivity index (χ1v) is 11.2. The Morgan fingerprint density at radius 3 is 2.29 bits per heavy atom. The van der Waals surface area contributed by atoms with Gasteiger partial charge in [0.25, 0.3) is 0 Å².